The fourth-order valence-corrected chi connectivity index (χ4v) is 2.96. The van der Waals surface area contributed by atoms with E-state index in [0.717, 1.165) is 24.1 Å². The zero-order valence-corrected chi connectivity index (χ0v) is 12.5. The number of benzene rings is 1. The molecule has 0 fully saturated rings. The van der Waals surface area contributed by atoms with Crippen molar-refractivity contribution in [2.75, 3.05) is 5.73 Å². The Morgan fingerprint density at radius 3 is 2.55 bits per heavy atom. The predicted molar refractivity (Wildman–Crippen MR) is 82.4 cm³/mol. The van der Waals surface area contributed by atoms with E-state index in [4.69, 9.17) is 5.73 Å². The van der Waals surface area contributed by atoms with Crippen molar-refractivity contribution in [2.24, 2.45) is 0 Å². The minimum absolute atomic E-state index is 0.00874. The van der Waals surface area contributed by atoms with Gasteiger partial charge in [-0.05, 0) is 30.7 Å². The third-order valence-electron chi connectivity index (χ3n) is 3.65. The lowest BCUT2D eigenvalue weighted by molar-refractivity contribution is 0.394. The highest BCUT2D eigenvalue weighted by Crippen LogP contribution is 2.36. The van der Waals surface area contributed by atoms with Gasteiger partial charge in [0.1, 0.15) is 0 Å². The fraction of sp³-hybridized carbons (Fsp3) is 0.400. The van der Waals surface area contributed by atoms with Crippen molar-refractivity contribution in [2.45, 2.75) is 38.5 Å². The number of hydrogen-bond acceptors (Lipinski definition) is 5. The quantitative estimate of drug-likeness (QED) is 0.732. The third kappa shape index (κ3) is 3.22. The summed E-state index contributed by atoms with van der Waals surface area (Å²) in [6.07, 6.45) is 1.87. The number of nitrogen functional groups attached to an aromatic ring is 1. The van der Waals surface area contributed by atoms with E-state index in [2.05, 4.69) is 18.8 Å². The molecule has 4 N–H and O–H groups in total. The molecule has 0 amide bonds. The topological polar surface area (TPSA) is 79.4 Å². The molecule has 108 valence electrons. The van der Waals surface area contributed by atoms with Crippen LogP contribution in [-0.4, -0.2) is 15.2 Å². The lowest BCUT2D eigenvalue weighted by atomic mass is 9.91. The molecule has 2 aromatic rings. The van der Waals surface area contributed by atoms with Crippen molar-refractivity contribution in [3.8, 4) is 11.5 Å². The van der Waals surface area contributed by atoms with Gasteiger partial charge in [0.15, 0.2) is 16.6 Å². The molecule has 1 aromatic heterocycles. The number of rotatable bonds is 5. The van der Waals surface area contributed by atoms with Crippen molar-refractivity contribution < 1.29 is 10.2 Å². The highest BCUT2D eigenvalue weighted by Gasteiger charge is 2.16. The second kappa shape index (κ2) is 6.13. The maximum Gasteiger partial charge on any atom is 0.180 e. The molecule has 4 nitrogen and oxygen atoms in total. The van der Waals surface area contributed by atoms with Crippen LogP contribution in [-0.2, 0) is 0 Å². The minimum Gasteiger partial charge on any atom is -0.504 e. The van der Waals surface area contributed by atoms with E-state index in [9.17, 15) is 10.2 Å². The Labute approximate surface area is 122 Å². The van der Waals surface area contributed by atoms with Gasteiger partial charge in [-0.25, -0.2) is 4.98 Å². The molecule has 0 saturated carbocycles. The number of hydrogen-bond donors (Lipinski definition) is 3. The number of phenolic OH excluding ortho intramolecular Hbond substituents is 2. The van der Waals surface area contributed by atoms with Gasteiger partial charge in [-0.2, -0.15) is 0 Å². The summed E-state index contributed by atoms with van der Waals surface area (Å²) in [6, 6.07) is 5.10. The van der Waals surface area contributed by atoms with Crippen LogP contribution < -0.4 is 5.73 Å². The van der Waals surface area contributed by atoms with Crippen LogP contribution in [0, 0.1) is 0 Å². The van der Waals surface area contributed by atoms with Gasteiger partial charge < -0.3 is 15.9 Å². The Morgan fingerprint density at radius 2 is 1.90 bits per heavy atom. The molecule has 2 unspecified atom stereocenters. The monoisotopic (exact) mass is 292 g/mol. The summed E-state index contributed by atoms with van der Waals surface area (Å²) >= 11 is 1.46. The third-order valence-corrected chi connectivity index (χ3v) is 4.35. The molecule has 0 spiro atoms. The zero-order chi connectivity index (χ0) is 14.7. The molecule has 1 heterocycles. The molecular weight excluding hydrogens is 272 g/mol. The summed E-state index contributed by atoms with van der Waals surface area (Å²) in [4.78, 5) is 4.30. The normalized spacial score (nSPS) is 14.1. The van der Waals surface area contributed by atoms with Crippen LogP contribution in [0.2, 0.25) is 0 Å². The molecule has 0 radical (unpaired) electrons. The maximum absolute atomic E-state index is 9.88. The number of aromatic nitrogens is 1. The second-order valence-electron chi connectivity index (χ2n) is 5.21. The number of para-hydroxylation sites is 1. The van der Waals surface area contributed by atoms with Crippen LogP contribution in [0.1, 0.15) is 49.8 Å². The smallest absolute Gasteiger partial charge is 0.180 e. The molecular formula is C15H20N2O2S. The molecule has 20 heavy (non-hydrogen) atoms. The predicted octanol–water partition coefficient (Wildman–Crippen LogP) is 3.82. The largest absolute Gasteiger partial charge is 0.504 e. The first-order valence-electron chi connectivity index (χ1n) is 6.70. The van der Waals surface area contributed by atoms with E-state index in [0.29, 0.717) is 11.0 Å². The lowest BCUT2D eigenvalue weighted by Crippen LogP contribution is -2.00. The first kappa shape index (κ1) is 14.7. The van der Waals surface area contributed by atoms with E-state index >= 15 is 0 Å². The molecule has 0 aliphatic carbocycles. The molecule has 0 saturated heterocycles. The molecule has 0 aliphatic heterocycles. The molecule has 1 aromatic carbocycles. The number of phenols is 2. The van der Waals surface area contributed by atoms with Crippen LogP contribution in [0.5, 0.6) is 11.5 Å². The fourth-order valence-electron chi connectivity index (χ4n) is 2.28. The minimum atomic E-state index is -0.0605. The Morgan fingerprint density at radius 1 is 1.20 bits per heavy atom. The first-order valence-corrected chi connectivity index (χ1v) is 7.58. The van der Waals surface area contributed by atoms with Gasteiger partial charge in [-0.1, -0.05) is 26.0 Å². The van der Waals surface area contributed by atoms with E-state index in [1.807, 2.05) is 11.4 Å². The van der Waals surface area contributed by atoms with E-state index in [1.165, 1.54) is 17.4 Å². The van der Waals surface area contributed by atoms with Crippen molar-refractivity contribution >= 4 is 16.5 Å². The standard InChI is InChI=1S/C15H20N2O2S/c1-9(11-4-3-5-13(18)14(11)19)6-7-10(2)12-8-20-15(16)17-12/h3-5,8-10,18-19H,6-7H2,1-2H3,(H2,16,17). The van der Waals surface area contributed by atoms with Gasteiger partial charge in [-0.15, -0.1) is 11.3 Å². The Balaban J connectivity index is 1.98. The highest BCUT2D eigenvalue weighted by atomic mass is 32.1. The van der Waals surface area contributed by atoms with E-state index in [1.54, 1.807) is 6.07 Å². The van der Waals surface area contributed by atoms with Crippen molar-refractivity contribution in [3.63, 3.8) is 0 Å². The average molecular weight is 292 g/mol. The summed E-state index contributed by atoms with van der Waals surface area (Å²) in [6.45, 7) is 4.18. The summed E-state index contributed by atoms with van der Waals surface area (Å²) in [7, 11) is 0. The Kier molecular flexibility index (Phi) is 4.49. The summed E-state index contributed by atoms with van der Waals surface area (Å²) in [5, 5.41) is 22.0. The van der Waals surface area contributed by atoms with E-state index in [-0.39, 0.29) is 17.4 Å². The number of nitrogens with two attached hydrogens (primary N) is 1. The first-order chi connectivity index (χ1) is 9.49. The SMILES string of the molecule is CC(CCC(C)c1cccc(O)c1O)c1csc(N)n1. The van der Waals surface area contributed by atoms with Gasteiger partial charge in [0.25, 0.3) is 0 Å². The van der Waals surface area contributed by atoms with Crippen LogP contribution in [0.4, 0.5) is 5.13 Å². The average Bonchev–Trinajstić information content (AvgIpc) is 2.85. The molecule has 0 bridgehead atoms. The van der Waals surface area contributed by atoms with Gasteiger partial charge in [0, 0.05) is 10.9 Å². The molecule has 2 atom stereocenters. The lowest BCUT2D eigenvalue weighted by Gasteiger charge is -2.16. The van der Waals surface area contributed by atoms with Gasteiger partial charge in [0.2, 0.25) is 0 Å². The number of anilines is 1. The maximum atomic E-state index is 9.88. The van der Waals surface area contributed by atoms with Crippen LogP contribution in [0.3, 0.4) is 0 Å². The summed E-state index contributed by atoms with van der Waals surface area (Å²) < 4.78 is 0. The van der Waals surface area contributed by atoms with Crippen LogP contribution in [0.25, 0.3) is 0 Å². The van der Waals surface area contributed by atoms with Crippen molar-refractivity contribution in [3.05, 3.63) is 34.8 Å². The van der Waals surface area contributed by atoms with Gasteiger partial charge >= 0.3 is 0 Å². The summed E-state index contributed by atoms with van der Waals surface area (Å²) in [5.41, 5.74) is 7.46. The molecule has 5 heteroatoms. The van der Waals surface area contributed by atoms with Crippen molar-refractivity contribution in [1.29, 1.82) is 0 Å². The summed E-state index contributed by atoms with van der Waals surface area (Å²) in [5.74, 6) is 0.450. The number of nitrogens with zero attached hydrogens (tertiary/aromatic N) is 1. The second-order valence-corrected chi connectivity index (χ2v) is 6.09. The molecule has 2 rings (SSSR count). The zero-order valence-electron chi connectivity index (χ0n) is 11.7. The van der Waals surface area contributed by atoms with Gasteiger partial charge in [0.05, 0.1) is 5.69 Å². The van der Waals surface area contributed by atoms with Crippen LogP contribution in [0.15, 0.2) is 23.6 Å². The number of thiazole rings is 1. The highest BCUT2D eigenvalue weighted by molar-refractivity contribution is 7.13. The molecule has 0 aliphatic rings. The Bertz CT molecular complexity index is 583. The number of aromatic hydroxyl groups is 2. The van der Waals surface area contributed by atoms with E-state index < -0.39 is 0 Å². The van der Waals surface area contributed by atoms with Crippen LogP contribution >= 0.6 is 11.3 Å². The Hall–Kier alpha value is -1.75. The van der Waals surface area contributed by atoms with Gasteiger partial charge in [-0.3, -0.25) is 0 Å². The van der Waals surface area contributed by atoms with Crippen molar-refractivity contribution in [1.82, 2.24) is 4.98 Å².